The minimum Gasteiger partial charge on any atom is -0.0836 e. The third-order valence-electron chi connectivity index (χ3n) is 8.26. The van der Waals surface area contributed by atoms with Gasteiger partial charge in [-0.1, -0.05) is 23.7 Å². The average Bonchev–Trinajstić information content (AvgIpc) is 3.11. The summed E-state index contributed by atoms with van der Waals surface area (Å²) in [5.74, 6) is -1.13. The van der Waals surface area contributed by atoms with Gasteiger partial charge in [0.05, 0.1) is 5.02 Å². The molecule has 4 amide bonds. The molecule has 0 radical (unpaired) electrons. The molecule has 3 N–H and O–H groups in total. The van der Waals surface area contributed by atoms with Crippen LogP contribution < -0.4 is 16.0 Å². The van der Waals surface area contributed by atoms with Crippen molar-refractivity contribution in [3.8, 4) is 6.26 Å². The van der Waals surface area contributed by atoms with Gasteiger partial charge in [0.2, 0.25) is 5.96 Å². The zero-order chi connectivity index (χ0) is 43.7. The first-order valence-corrected chi connectivity index (χ1v) is 19.2. The molecular formula is C41H50BClFN7O8. The van der Waals surface area contributed by atoms with Gasteiger partial charge in [0.15, 0.2) is 0 Å². The number of carbonyl (C=O) groups is 4. The second kappa shape index (κ2) is 19.2. The first kappa shape index (κ1) is 45.8. The van der Waals surface area contributed by atoms with Crippen LogP contribution in [0.5, 0.6) is 0 Å². The number of benzene rings is 2. The molecule has 2 aromatic rings. The number of aliphatic imine (C=N–C) groups is 1. The molecule has 0 fully saturated rings. The summed E-state index contributed by atoms with van der Waals surface area (Å²) in [7, 11) is 1.11. The summed E-state index contributed by atoms with van der Waals surface area (Å²) < 4.78 is 36.2. The molecule has 0 saturated heterocycles. The molecule has 18 heteroatoms. The number of ether oxygens (including phenoxy) is 3. The van der Waals surface area contributed by atoms with E-state index in [-0.39, 0.29) is 30.3 Å². The fourth-order valence-corrected chi connectivity index (χ4v) is 6.13. The largest absolute Gasteiger partial charge is 0.0836 e. The van der Waals surface area contributed by atoms with Crippen LogP contribution >= 0.6 is 11.6 Å². The Morgan fingerprint density at radius 3 is 1.88 bits per heavy atom. The number of nitrogens with zero attached hydrogens (tertiary/aromatic N) is 4. The van der Waals surface area contributed by atoms with E-state index in [1.165, 1.54) is 12.1 Å². The number of alkyl carbamates (subject to hydrolysis) is 2. The first-order valence-electron chi connectivity index (χ1n) is 18.9. The molecular weight excluding hydrogens is 784 g/mol. The van der Waals surface area contributed by atoms with Gasteiger partial charge in [0.25, 0.3) is 0 Å². The Kier molecular flexibility index (Phi) is 14.9. The van der Waals surface area contributed by atoms with Crippen molar-refractivity contribution in [3.05, 3.63) is 76.1 Å². The van der Waals surface area contributed by atoms with Crippen LogP contribution in [0.2, 0.25) is 5.02 Å². The Labute approximate surface area is 349 Å². The van der Waals surface area contributed by atoms with Crippen molar-refractivity contribution in [1.29, 1.82) is 5.26 Å². The van der Waals surface area contributed by atoms with Crippen LogP contribution in [0.15, 0.2) is 53.5 Å². The molecule has 0 unspecified atom stereocenters. The van der Waals surface area contributed by atoms with E-state index in [2.05, 4.69) is 20.9 Å². The third kappa shape index (κ3) is 14.5. The Bertz CT molecular complexity index is 2110. The SMILES string of the molecule is CC(C)(C)OC(=O)/N=C(/NC(=O)OC(C)(C)C)N1CC=C(c2ccc(NC(=O)c3ccc(C4=CCN(C(=BOC#N)NC(=O)OC(C)(C)C)CC4)c(F)c3)cc2Cl)CC1. The molecule has 0 atom stereocenters. The molecule has 0 bridgehead atoms. The van der Waals surface area contributed by atoms with Gasteiger partial charge >= 0.3 is 186 Å². The molecule has 2 aromatic carbocycles. The second-order valence-corrected chi connectivity index (χ2v) is 17.0. The summed E-state index contributed by atoms with van der Waals surface area (Å²) in [6, 6.07) is 9.31. The van der Waals surface area contributed by atoms with Crippen LogP contribution in [0.4, 0.5) is 24.5 Å². The van der Waals surface area contributed by atoms with E-state index in [9.17, 15) is 19.2 Å². The summed E-state index contributed by atoms with van der Waals surface area (Å²) >= 11 is 6.70. The Morgan fingerprint density at radius 2 is 1.36 bits per heavy atom. The summed E-state index contributed by atoms with van der Waals surface area (Å²) in [5, 5.41) is 17.2. The summed E-state index contributed by atoms with van der Waals surface area (Å²) in [6.45, 7) is 16.8. The maximum Gasteiger partial charge on any atom is 0.0501 e. The molecule has 4 rings (SSSR count). The minimum atomic E-state index is -0.865. The normalized spacial score (nSPS) is 15.1. The number of anilines is 1. The molecule has 0 saturated carbocycles. The van der Waals surface area contributed by atoms with Gasteiger partial charge in [0, 0.05) is 13.1 Å². The number of rotatable bonds is 7. The standard InChI is InChI=1S/C41H50BClFN7O8/c1-39(2,3)57-36(53)47-34(42-56-24-45)50-18-14-26(15-19-50)30-12-10-27(22-32(30)44)33(52)46-28-11-13-29(31(43)23-28)25-16-20-51(21-17-25)35(48-37(54)58-40(4,5)6)49-38(55)59-41(7,8)9/h10-14,16,22-23H,15,17-21H2,1-9H3,(H,46,52)(H,47,53)(H,48,49,54,55). The Morgan fingerprint density at radius 1 is 0.797 bits per heavy atom. The smallest absolute Gasteiger partial charge is 0.0501 e. The third-order valence-corrected chi connectivity index (χ3v) is 8.58. The van der Waals surface area contributed by atoms with Gasteiger partial charge < -0.3 is 14.4 Å². The quantitative estimate of drug-likeness (QED) is 0.0828. The molecule has 2 aliphatic rings. The minimum absolute atomic E-state index is 0.0148. The summed E-state index contributed by atoms with van der Waals surface area (Å²) in [5.41, 5.74) is 1.07. The van der Waals surface area contributed by atoms with Crippen molar-refractivity contribution in [2.75, 3.05) is 31.5 Å². The van der Waals surface area contributed by atoms with Crippen LogP contribution in [0.25, 0.3) is 11.1 Å². The van der Waals surface area contributed by atoms with Crippen LogP contribution in [0.3, 0.4) is 0 Å². The fourth-order valence-electron chi connectivity index (χ4n) is 5.83. The van der Waals surface area contributed by atoms with E-state index in [1.54, 1.807) is 109 Å². The van der Waals surface area contributed by atoms with Crippen molar-refractivity contribution >= 4 is 71.4 Å². The molecule has 2 heterocycles. The average molecular weight is 834 g/mol. The fraction of sp³-hybridized carbons (Fsp3) is 0.439. The maximum atomic E-state index is 15.5. The van der Waals surface area contributed by atoms with Gasteiger partial charge in [-0.2, -0.15) is 0 Å². The van der Waals surface area contributed by atoms with Crippen LogP contribution in [-0.2, 0) is 18.9 Å². The Balaban J connectivity index is 1.41. The summed E-state index contributed by atoms with van der Waals surface area (Å²) in [4.78, 5) is 58.2. The number of nitrogens with one attached hydrogen (secondary N) is 3. The van der Waals surface area contributed by atoms with Crippen molar-refractivity contribution in [2.45, 2.75) is 92.0 Å². The molecule has 0 aliphatic carbocycles. The van der Waals surface area contributed by atoms with Crippen LogP contribution in [-0.4, -0.2) is 95.8 Å². The zero-order valence-electron chi connectivity index (χ0n) is 34.7. The van der Waals surface area contributed by atoms with Gasteiger partial charge in [-0.25, -0.2) is 9.59 Å². The number of hydrogen-bond donors (Lipinski definition) is 3. The molecule has 0 aromatic heterocycles. The number of halogens is 2. The predicted octanol–water partition coefficient (Wildman–Crippen LogP) is 7.45. The second-order valence-electron chi connectivity index (χ2n) is 16.6. The van der Waals surface area contributed by atoms with Crippen molar-refractivity contribution in [2.24, 2.45) is 4.99 Å². The van der Waals surface area contributed by atoms with E-state index >= 15 is 4.39 Å². The molecule has 314 valence electrons. The predicted molar refractivity (Wildman–Crippen MR) is 224 cm³/mol. The van der Waals surface area contributed by atoms with Crippen LogP contribution in [0, 0.1) is 17.3 Å². The van der Waals surface area contributed by atoms with Crippen LogP contribution in [0.1, 0.15) is 96.6 Å². The van der Waals surface area contributed by atoms with Gasteiger partial charge in [-0.15, -0.1) is 4.99 Å². The van der Waals surface area contributed by atoms with Crippen molar-refractivity contribution < 1.29 is 42.4 Å². The molecule has 15 nitrogen and oxygen atoms in total. The maximum absolute atomic E-state index is 15.5. The van der Waals surface area contributed by atoms with Gasteiger partial charge in [0.1, 0.15) is 11.2 Å². The van der Waals surface area contributed by atoms with Crippen molar-refractivity contribution in [3.63, 3.8) is 0 Å². The molecule has 0 spiro atoms. The summed E-state index contributed by atoms with van der Waals surface area (Å²) in [6.07, 6.45) is 3.74. The topological polar surface area (TPSA) is 184 Å². The number of carbonyl (C=O) groups excluding carboxylic acids is 4. The van der Waals surface area contributed by atoms with E-state index in [0.29, 0.717) is 47.8 Å². The van der Waals surface area contributed by atoms with Gasteiger partial charge in [-0.05, 0) is 71.2 Å². The Hall–Kier alpha value is -5.89. The number of hydrogen-bond acceptors (Lipinski definition) is 10. The first-order chi connectivity index (χ1) is 27.5. The van der Waals surface area contributed by atoms with E-state index in [0.717, 1.165) is 18.3 Å². The van der Waals surface area contributed by atoms with E-state index < -0.39 is 46.8 Å². The monoisotopic (exact) mass is 833 g/mol. The molecule has 2 aliphatic heterocycles. The number of amides is 4. The van der Waals surface area contributed by atoms with E-state index in [1.807, 2.05) is 6.08 Å². The van der Waals surface area contributed by atoms with E-state index in [4.69, 9.17) is 35.7 Å². The number of nitriles is 1. The van der Waals surface area contributed by atoms with Crippen molar-refractivity contribution in [1.82, 2.24) is 20.4 Å². The number of guanidine groups is 1. The molecule has 59 heavy (non-hydrogen) atoms. The van der Waals surface area contributed by atoms with Gasteiger partial charge in [-0.3, -0.25) is 5.32 Å². The zero-order valence-corrected chi connectivity index (χ0v) is 35.5.